The van der Waals surface area contributed by atoms with E-state index in [0.717, 1.165) is 22.5 Å². The number of rotatable bonds is 4. The van der Waals surface area contributed by atoms with Crippen LogP contribution >= 0.6 is 0 Å². The van der Waals surface area contributed by atoms with Crippen molar-refractivity contribution < 1.29 is 17.1 Å². The Kier molecular flexibility index (Phi) is 7.56. The first-order valence-corrected chi connectivity index (χ1v) is 14.9. The van der Waals surface area contributed by atoms with E-state index in [1.165, 1.54) is 0 Å². The standard InChI is InChI=1S/C34H20N14.Cu/c1-5-13-21(14-6-1)25-27-37-29(35-25)41-31-44-34(48(45-31)24-19-11-4-12-20-24)40-28-26(22-15-7-2-8-16-22)36-30(38-28)42-32-43-33(39-27)47(46-32)23-17-9-3-10-18-23;/h1-20H;/q-2;+2. The molecule has 14 nitrogen and oxygen atoms in total. The molecule has 4 aromatic carbocycles. The molecule has 1 radical (unpaired) electrons. The Morgan fingerprint density at radius 3 is 1.14 bits per heavy atom. The zero-order valence-electron chi connectivity index (χ0n) is 25.1. The summed E-state index contributed by atoms with van der Waals surface area (Å²) in [5.74, 6) is 0.885. The van der Waals surface area contributed by atoms with Crippen LogP contribution in [-0.2, 0) is 17.1 Å². The summed E-state index contributed by atoms with van der Waals surface area (Å²) in [5, 5.41) is 9.35. The number of imidazole rings is 2. The van der Waals surface area contributed by atoms with Crippen LogP contribution in [0.4, 0.5) is 0 Å². The van der Waals surface area contributed by atoms with Gasteiger partial charge in [0.15, 0.2) is 11.6 Å². The number of hydrogen-bond donors (Lipinski definition) is 0. The SMILES string of the molecule is [Cu+2].c1ccc(-c2nc3nc4nc(nc5[n-]c(nc5-c5ccccc5)nc5nc(nc2[n-]3)n(-c2ccccc2)n5)n(-c2ccccc2)n4)cc1. The molecule has 0 aliphatic rings. The largest absolute Gasteiger partial charge is 2.00 e. The second kappa shape index (κ2) is 12.5. The molecule has 0 amide bonds. The third kappa shape index (κ3) is 5.75. The van der Waals surface area contributed by atoms with Gasteiger partial charge in [0.2, 0.25) is 11.6 Å². The van der Waals surface area contributed by atoms with Crippen molar-refractivity contribution in [3.63, 3.8) is 0 Å². The fraction of sp³-hybridized carbons (Fsp3) is 0. The number of nitrogens with zero attached hydrogens (tertiary/aromatic N) is 14. The second-order valence-corrected chi connectivity index (χ2v) is 10.5. The van der Waals surface area contributed by atoms with Crippen molar-refractivity contribution >= 4 is 46.0 Å². The van der Waals surface area contributed by atoms with E-state index in [0.29, 0.717) is 11.4 Å². The average Bonchev–Trinajstić information content (AvgIpc) is 3.92. The van der Waals surface area contributed by atoms with Crippen LogP contribution in [0.1, 0.15) is 0 Å². The molecule has 0 spiro atoms. The molecular weight excluding hydrogens is 668 g/mol. The van der Waals surface area contributed by atoms with Crippen molar-refractivity contribution in [1.82, 2.24) is 69.4 Å². The molecule has 5 aromatic heterocycles. The number of aromatic nitrogens is 14. The van der Waals surface area contributed by atoms with E-state index in [1.54, 1.807) is 9.36 Å². The first-order chi connectivity index (χ1) is 23.7. The smallest absolute Gasteiger partial charge is 0.319 e. The van der Waals surface area contributed by atoms with Gasteiger partial charge in [0.25, 0.3) is 0 Å². The fourth-order valence-electron chi connectivity index (χ4n) is 5.16. The zero-order chi connectivity index (χ0) is 31.9. The molecule has 237 valence electrons. The van der Waals surface area contributed by atoms with Gasteiger partial charge in [0.1, 0.15) is 0 Å². The van der Waals surface area contributed by atoms with Crippen molar-refractivity contribution in [2.75, 3.05) is 0 Å². The molecule has 0 N–H and O–H groups in total. The van der Waals surface area contributed by atoms with E-state index >= 15 is 0 Å². The van der Waals surface area contributed by atoms with E-state index in [4.69, 9.17) is 19.9 Å². The molecule has 0 fully saturated rings. The molecule has 0 aliphatic heterocycles. The molecule has 49 heavy (non-hydrogen) atoms. The quantitative estimate of drug-likeness (QED) is 0.233. The maximum Gasteiger partial charge on any atom is 2.00 e. The summed E-state index contributed by atoms with van der Waals surface area (Å²) in [6, 6.07) is 38.2. The van der Waals surface area contributed by atoms with Crippen molar-refractivity contribution in [3.05, 3.63) is 121 Å². The van der Waals surface area contributed by atoms with Crippen LogP contribution in [0.25, 0.3) is 79.8 Å². The molecule has 9 aromatic rings. The molecule has 8 bridgehead atoms. The second-order valence-electron chi connectivity index (χ2n) is 10.5. The van der Waals surface area contributed by atoms with E-state index in [2.05, 4.69) is 40.1 Å². The number of benzene rings is 4. The minimum atomic E-state index is 0. The maximum atomic E-state index is 4.84. The summed E-state index contributed by atoms with van der Waals surface area (Å²) >= 11 is 0. The fourth-order valence-corrected chi connectivity index (χ4v) is 5.16. The molecule has 9 rings (SSSR count). The molecule has 0 saturated heterocycles. The maximum absolute atomic E-state index is 4.84. The van der Waals surface area contributed by atoms with Gasteiger partial charge in [-0.05, 0) is 35.4 Å². The number of hydrogen-bond acceptors (Lipinski definition) is 10. The van der Waals surface area contributed by atoms with Crippen LogP contribution in [0.15, 0.2) is 121 Å². The molecular formula is C34H20CuN14. The van der Waals surface area contributed by atoms with Crippen molar-refractivity contribution in [2.45, 2.75) is 0 Å². The van der Waals surface area contributed by atoms with E-state index in [1.807, 2.05) is 121 Å². The topological polar surface area (TPSA) is 167 Å². The summed E-state index contributed by atoms with van der Waals surface area (Å²) in [4.78, 5) is 47.1. The summed E-state index contributed by atoms with van der Waals surface area (Å²) < 4.78 is 3.16. The van der Waals surface area contributed by atoms with Gasteiger partial charge in [-0.2, -0.15) is 9.97 Å². The minimum Gasteiger partial charge on any atom is -0.319 e. The molecule has 0 unspecified atom stereocenters. The van der Waals surface area contributed by atoms with Gasteiger partial charge in [-0.25, -0.2) is 9.36 Å². The van der Waals surface area contributed by atoms with Crippen LogP contribution < -0.4 is 9.97 Å². The Hall–Kier alpha value is -6.70. The zero-order valence-corrected chi connectivity index (χ0v) is 26.1. The van der Waals surface area contributed by atoms with Gasteiger partial charge in [-0.3, -0.25) is 19.9 Å². The third-order valence-electron chi connectivity index (χ3n) is 7.32. The van der Waals surface area contributed by atoms with Crippen LogP contribution in [0.2, 0.25) is 0 Å². The summed E-state index contributed by atoms with van der Waals surface area (Å²) in [6.45, 7) is 0. The average molecular weight is 688 g/mol. The minimum absolute atomic E-state index is 0. The Morgan fingerprint density at radius 1 is 0.388 bits per heavy atom. The van der Waals surface area contributed by atoms with Gasteiger partial charge in [0.05, 0.1) is 34.2 Å². The van der Waals surface area contributed by atoms with Gasteiger partial charge in [0, 0.05) is 11.4 Å². The Labute approximate surface area is 286 Å². The molecule has 5 heterocycles. The third-order valence-corrected chi connectivity index (χ3v) is 7.32. The van der Waals surface area contributed by atoms with E-state index in [-0.39, 0.29) is 63.0 Å². The first-order valence-electron chi connectivity index (χ1n) is 14.9. The van der Waals surface area contributed by atoms with Crippen molar-refractivity contribution in [2.24, 2.45) is 0 Å². The predicted octanol–water partition coefficient (Wildman–Crippen LogP) is 4.76. The number of para-hydroxylation sites is 2. The Balaban J connectivity index is 0.00000348. The Morgan fingerprint density at radius 2 is 0.755 bits per heavy atom. The van der Waals surface area contributed by atoms with E-state index in [9.17, 15) is 0 Å². The van der Waals surface area contributed by atoms with Crippen molar-refractivity contribution in [3.8, 4) is 33.9 Å². The van der Waals surface area contributed by atoms with Gasteiger partial charge >= 0.3 is 17.1 Å². The molecule has 0 atom stereocenters. The van der Waals surface area contributed by atoms with Gasteiger partial charge < -0.3 is 19.9 Å². The Bertz CT molecular complexity index is 2300. The monoisotopic (exact) mass is 687 g/mol. The summed E-state index contributed by atoms with van der Waals surface area (Å²) in [5.41, 5.74) is 4.61. The summed E-state index contributed by atoms with van der Waals surface area (Å²) in [7, 11) is 0. The normalized spacial score (nSPS) is 11.1. The van der Waals surface area contributed by atoms with Crippen LogP contribution in [0.5, 0.6) is 0 Å². The number of fused-ring (bicyclic) bond motifs is 8. The van der Waals surface area contributed by atoms with Crippen LogP contribution in [-0.4, -0.2) is 59.4 Å². The summed E-state index contributed by atoms with van der Waals surface area (Å²) in [6.07, 6.45) is 0. The molecule has 0 aliphatic carbocycles. The van der Waals surface area contributed by atoms with Crippen LogP contribution in [0, 0.1) is 0 Å². The van der Waals surface area contributed by atoms with Gasteiger partial charge in [-0.15, -0.1) is 10.2 Å². The molecule has 15 heteroatoms. The predicted molar refractivity (Wildman–Crippen MR) is 177 cm³/mol. The molecule has 0 saturated carbocycles. The van der Waals surface area contributed by atoms with Crippen molar-refractivity contribution in [1.29, 1.82) is 0 Å². The first kappa shape index (κ1) is 29.7. The van der Waals surface area contributed by atoms with Crippen LogP contribution in [0.3, 0.4) is 0 Å². The van der Waals surface area contributed by atoms with E-state index < -0.39 is 0 Å². The van der Waals surface area contributed by atoms with Gasteiger partial charge in [-0.1, -0.05) is 97.1 Å².